The van der Waals surface area contributed by atoms with E-state index in [4.69, 9.17) is 16.3 Å². The largest absolute Gasteiger partial charge is 0.494 e. The number of nitrogens with zero attached hydrogens (tertiary/aromatic N) is 5. The van der Waals surface area contributed by atoms with E-state index in [0.29, 0.717) is 44.1 Å². The molecule has 1 saturated carbocycles. The molecule has 0 bridgehead atoms. The van der Waals surface area contributed by atoms with Crippen molar-refractivity contribution < 1.29 is 9.53 Å². The molecule has 0 atom stereocenters. The number of aromatic nitrogens is 5. The number of methoxy groups -OCH3 is 1. The van der Waals surface area contributed by atoms with Crippen LogP contribution in [-0.2, 0) is 7.05 Å². The van der Waals surface area contributed by atoms with Crippen LogP contribution in [-0.4, -0.2) is 37.5 Å². The van der Waals surface area contributed by atoms with Crippen LogP contribution in [0, 0.1) is 17.8 Å². The van der Waals surface area contributed by atoms with Gasteiger partial charge in [0.1, 0.15) is 16.6 Å². The van der Waals surface area contributed by atoms with Gasteiger partial charge in [0.25, 0.3) is 11.5 Å². The summed E-state index contributed by atoms with van der Waals surface area (Å²) in [6.07, 6.45) is 6.83. The molecule has 4 aromatic rings. The number of aryl methyl sites for hydroxylation is 1. The molecule has 4 aromatic heterocycles. The van der Waals surface area contributed by atoms with Crippen molar-refractivity contribution in [3.05, 3.63) is 57.5 Å². The van der Waals surface area contributed by atoms with Gasteiger partial charge in [0.15, 0.2) is 15.6 Å². The molecule has 0 aliphatic heterocycles. The average Bonchev–Trinajstić information content (AvgIpc) is 3.57. The van der Waals surface area contributed by atoms with Crippen LogP contribution in [0.5, 0.6) is 5.75 Å². The second kappa shape index (κ2) is 8.85. The number of rotatable bonds is 4. The zero-order valence-electron chi connectivity index (χ0n) is 18.1. The summed E-state index contributed by atoms with van der Waals surface area (Å²) in [5, 5.41) is 3.28. The first kappa shape index (κ1) is 22.0. The Morgan fingerprint density at radius 1 is 1.24 bits per heavy atom. The van der Waals surface area contributed by atoms with Gasteiger partial charge in [0.2, 0.25) is 0 Å². The number of amides is 1. The highest BCUT2D eigenvalue weighted by atomic mass is 35.5. The number of hydrogen-bond acceptors (Lipinski definition) is 8. The Balaban J connectivity index is 1.50. The molecule has 11 heteroatoms. The molecule has 1 amide bonds. The first-order valence-corrected chi connectivity index (χ1v) is 11.5. The molecule has 4 heterocycles. The van der Waals surface area contributed by atoms with Gasteiger partial charge in [0.05, 0.1) is 25.1 Å². The summed E-state index contributed by atoms with van der Waals surface area (Å²) >= 11 is 7.27. The van der Waals surface area contributed by atoms with Gasteiger partial charge < -0.3 is 9.30 Å². The van der Waals surface area contributed by atoms with Crippen molar-refractivity contribution >= 4 is 44.5 Å². The van der Waals surface area contributed by atoms with Gasteiger partial charge in [-0.05, 0) is 24.8 Å². The van der Waals surface area contributed by atoms with Crippen LogP contribution in [0.4, 0.5) is 5.13 Å². The highest BCUT2D eigenvalue weighted by molar-refractivity contribution is 7.21. The van der Waals surface area contributed by atoms with Gasteiger partial charge >= 0.3 is 0 Å². The molecule has 170 valence electrons. The monoisotopic (exact) mass is 492 g/mol. The number of pyridine rings is 2. The lowest BCUT2D eigenvalue weighted by atomic mass is 10.0. The maximum Gasteiger partial charge on any atom is 0.258 e. The van der Waals surface area contributed by atoms with Gasteiger partial charge in [0, 0.05) is 36.4 Å². The molecular formula is C23H17ClN6O3S. The van der Waals surface area contributed by atoms with Crippen LogP contribution in [0.15, 0.2) is 35.5 Å². The van der Waals surface area contributed by atoms with Crippen LogP contribution < -0.4 is 15.6 Å². The number of ether oxygens (including phenoxy) is 1. The summed E-state index contributed by atoms with van der Waals surface area (Å²) in [6.45, 7) is 0. The molecule has 9 nitrogen and oxygen atoms in total. The summed E-state index contributed by atoms with van der Waals surface area (Å²) in [4.78, 5) is 43.3. The van der Waals surface area contributed by atoms with E-state index in [1.165, 1.54) is 35.3 Å². The molecular weight excluding hydrogens is 476 g/mol. The molecule has 1 fully saturated rings. The Hall–Kier alpha value is -3.81. The molecule has 1 N–H and O–H groups in total. The van der Waals surface area contributed by atoms with Crippen LogP contribution in [0.1, 0.15) is 28.9 Å². The van der Waals surface area contributed by atoms with E-state index in [1.807, 2.05) is 0 Å². The van der Waals surface area contributed by atoms with Crippen LogP contribution in [0.2, 0.25) is 5.15 Å². The normalized spacial score (nSPS) is 12.8. The van der Waals surface area contributed by atoms with Gasteiger partial charge in [-0.15, -0.1) is 0 Å². The fourth-order valence-electron chi connectivity index (χ4n) is 3.23. The Labute approximate surface area is 202 Å². The summed E-state index contributed by atoms with van der Waals surface area (Å²) in [5.41, 5.74) is 1.74. The second-order valence-electron chi connectivity index (χ2n) is 7.66. The lowest BCUT2D eigenvalue weighted by Crippen LogP contribution is -2.21. The van der Waals surface area contributed by atoms with E-state index in [1.54, 1.807) is 25.5 Å². The Morgan fingerprint density at radius 2 is 2.06 bits per heavy atom. The molecule has 1 aliphatic rings. The van der Waals surface area contributed by atoms with Crippen LogP contribution in [0.25, 0.3) is 21.6 Å². The lowest BCUT2D eigenvalue weighted by molar-refractivity contribution is 0.102. The van der Waals surface area contributed by atoms with E-state index in [9.17, 15) is 9.59 Å². The first-order valence-electron chi connectivity index (χ1n) is 10.3. The quantitative estimate of drug-likeness (QED) is 0.342. The summed E-state index contributed by atoms with van der Waals surface area (Å²) < 4.78 is 6.76. The van der Waals surface area contributed by atoms with Gasteiger partial charge in [-0.1, -0.05) is 28.9 Å². The van der Waals surface area contributed by atoms with Crippen molar-refractivity contribution in [1.82, 2.24) is 24.5 Å². The number of halogens is 1. The Bertz CT molecular complexity index is 1560. The zero-order chi connectivity index (χ0) is 23.8. The van der Waals surface area contributed by atoms with Gasteiger partial charge in [-0.3, -0.25) is 14.9 Å². The number of thiazole rings is 1. The number of hydrogen-bond donors (Lipinski definition) is 1. The maximum absolute atomic E-state index is 13.2. The molecule has 0 spiro atoms. The summed E-state index contributed by atoms with van der Waals surface area (Å²) in [7, 11) is 3.08. The predicted octanol–water partition coefficient (Wildman–Crippen LogP) is 3.52. The third kappa shape index (κ3) is 4.48. The average molecular weight is 493 g/mol. The van der Waals surface area contributed by atoms with Crippen molar-refractivity contribution in [2.24, 2.45) is 13.0 Å². The second-order valence-corrected chi connectivity index (χ2v) is 9.02. The van der Waals surface area contributed by atoms with Crippen molar-refractivity contribution in [2.45, 2.75) is 12.8 Å². The van der Waals surface area contributed by atoms with Crippen molar-refractivity contribution in [1.29, 1.82) is 0 Å². The van der Waals surface area contributed by atoms with Gasteiger partial charge in [-0.2, -0.15) is 4.98 Å². The molecule has 0 aromatic carbocycles. The first-order chi connectivity index (χ1) is 16.4. The van der Waals surface area contributed by atoms with E-state index in [0.717, 1.165) is 12.8 Å². The lowest BCUT2D eigenvalue weighted by Gasteiger charge is -2.14. The predicted molar refractivity (Wildman–Crippen MR) is 129 cm³/mol. The molecule has 1 aliphatic carbocycles. The number of nitrogens with one attached hydrogen (secondary N) is 1. The summed E-state index contributed by atoms with van der Waals surface area (Å²) in [5.74, 6) is 6.52. The number of fused-ring (bicyclic) bond motifs is 1. The van der Waals surface area contributed by atoms with E-state index in [-0.39, 0.29) is 16.3 Å². The van der Waals surface area contributed by atoms with Crippen molar-refractivity contribution in [3.63, 3.8) is 0 Å². The van der Waals surface area contributed by atoms with Crippen LogP contribution >= 0.6 is 22.9 Å². The Kier molecular flexibility index (Phi) is 5.73. The molecule has 0 saturated heterocycles. The Morgan fingerprint density at radius 3 is 2.82 bits per heavy atom. The van der Waals surface area contributed by atoms with Crippen LogP contribution in [0.3, 0.4) is 0 Å². The van der Waals surface area contributed by atoms with E-state index < -0.39 is 5.91 Å². The SMILES string of the molecule is COc1cnc(Cl)cc1-c1cn(C)c(=O)cc1C(=O)Nc1nc2ncc(C#CC3CC3)nc2s1. The smallest absolute Gasteiger partial charge is 0.258 e. The topological polar surface area (TPSA) is 112 Å². The van der Waals surface area contributed by atoms with E-state index in [2.05, 4.69) is 37.1 Å². The molecule has 0 unspecified atom stereocenters. The third-order valence-electron chi connectivity index (χ3n) is 5.14. The molecule has 34 heavy (non-hydrogen) atoms. The highest BCUT2D eigenvalue weighted by Gasteiger charge is 2.21. The highest BCUT2D eigenvalue weighted by Crippen LogP contribution is 2.33. The zero-order valence-corrected chi connectivity index (χ0v) is 19.7. The maximum atomic E-state index is 13.2. The number of anilines is 1. The van der Waals surface area contributed by atoms with Gasteiger partial charge in [-0.25, -0.2) is 15.0 Å². The minimum atomic E-state index is -0.518. The minimum Gasteiger partial charge on any atom is -0.494 e. The summed E-state index contributed by atoms with van der Waals surface area (Å²) in [6, 6.07) is 2.83. The van der Waals surface area contributed by atoms with Crippen molar-refractivity contribution in [3.8, 4) is 28.7 Å². The third-order valence-corrected chi connectivity index (χ3v) is 6.20. The molecule has 5 rings (SSSR count). The fourth-order valence-corrected chi connectivity index (χ4v) is 4.18. The van der Waals surface area contributed by atoms with E-state index >= 15 is 0 Å². The molecule has 0 radical (unpaired) electrons. The minimum absolute atomic E-state index is 0.139. The number of carbonyl (C=O) groups is 1. The standard InChI is InChI=1S/C23H17ClN6O3S/c1-30-11-16(14-7-18(24)25-10-17(14)33-2)15(8-19(30)31)21(32)29-23-28-20-22(34-23)27-13(9-26-20)6-5-12-3-4-12/h7-12H,3-4H2,1-2H3,(H,26,28,29,32). The fraction of sp³-hybridized carbons (Fsp3) is 0.217. The number of carbonyl (C=O) groups excluding carboxylic acids is 1. The van der Waals surface area contributed by atoms with Crippen molar-refractivity contribution in [2.75, 3.05) is 12.4 Å².